The van der Waals surface area contributed by atoms with Crippen molar-refractivity contribution in [1.82, 2.24) is 5.32 Å². The lowest BCUT2D eigenvalue weighted by Gasteiger charge is -2.01. The summed E-state index contributed by atoms with van der Waals surface area (Å²) < 4.78 is 38.2. The minimum atomic E-state index is -1.54. The molecule has 1 aromatic rings. The van der Waals surface area contributed by atoms with E-state index in [2.05, 4.69) is 10.3 Å². The Morgan fingerprint density at radius 2 is 1.94 bits per heavy atom. The molecule has 0 radical (unpaired) electrons. The van der Waals surface area contributed by atoms with Crippen molar-refractivity contribution in [1.29, 1.82) is 5.26 Å². The Balaban J connectivity index is 3.11. The van der Waals surface area contributed by atoms with E-state index in [1.54, 1.807) is 12.4 Å². The number of aliphatic imine (C=N–C) groups is 1. The fourth-order valence-electron chi connectivity index (χ4n) is 0.896. The highest BCUT2D eigenvalue weighted by Gasteiger charge is 2.10. The predicted molar refractivity (Wildman–Crippen MR) is 55.7 cm³/mol. The first kappa shape index (κ1) is 12.4. The van der Waals surface area contributed by atoms with Gasteiger partial charge in [0.25, 0.3) is 0 Å². The molecule has 0 aromatic heterocycles. The zero-order valence-electron chi connectivity index (χ0n) is 8.09. The largest absolute Gasteiger partial charge is 0.271 e. The van der Waals surface area contributed by atoms with E-state index in [1.807, 2.05) is 0 Å². The van der Waals surface area contributed by atoms with Crippen molar-refractivity contribution >= 4 is 22.6 Å². The highest BCUT2D eigenvalue weighted by molar-refractivity contribution is 8.13. The van der Waals surface area contributed by atoms with Gasteiger partial charge in [-0.25, -0.2) is 18.2 Å². The van der Waals surface area contributed by atoms with Crippen LogP contribution in [0.3, 0.4) is 0 Å². The fraction of sp³-hybridized carbons (Fsp3) is 0.111. The van der Waals surface area contributed by atoms with E-state index in [0.717, 1.165) is 23.9 Å². The van der Waals surface area contributed by atoms with Crippen LogP contribution in [0.25, 0.3) is 0 Å². The Morgan fingerprint density at radius 3 is 2.38 bits per heavy atom. The normalized spacial score (nSPS) is 11.1. The van der Waals surface area contributed by atoms with Gasteiger partial charge in [-0.1, -0.05) is 11.8 Å². The first-order chi connectivity index (χ1) is 7.58. The molecule has 0 aliphatic rings. The molecule has 0 saturated heterocycles. The summed E-state index contributed by atoms with van der Waals surface area (Å²) in [5, 5.41) is 10.7. The molecule has 0 bridgehead atoms. The molecule has 3 nitrogen and oxygen atoms in total. The maximum absolute atomic E-state index is 12.8. The quantitative estimate of drug-likeness (QED) is 0.272. The smallest absolute Gasteiger partial charge is 0.194 e. The van der Waals surface area contributed by atoms with Gasteiger partial charge in [-0.05, 0) is 6.26 Å². The molecule has 0 spiro atoms. The second-order valence-corrected chi connectivity index (χ2v) is 3.38. The van der Waals surface area contributed by atoms with Gasteiger partial charge in [0, 0.05) is 12.1 Å². The molecule has 0 aliphatic carbocycles. The summed E-state index contributed by atoms with van der Waals surface area (Å²) in [7, 11) is 0. The Kier molecular flexibility index (Phi) is 4.19. The molecule has 16 heavy (non-hydrogen) atoms. The summed E-state index contributed by atoms with van der Waals surface area (Å²) in [4.78, 5) is 3.73. The monoisotopic (exact) mass is 245 g/mol. The van der Waals surface area contributed by atoms with E-state index in [4.69, 9.17) is 5.26 Å². The molecule has 0 saturated carbocycles. The van der Waals surface area contributed by atoms with Gasteiger partial charge in [0.1, 0.15) is 0 Å². The van der Waals surface area contributed by atoms with Gasteiger partial charge in [-0.2, -0.15) is 5.26 Å². The van der Waals surface area contributed by atoms with Crippen LogP contribution in [0.4, 0.5) is 18.9 Å². The lowest BCUT2D eigenvalue weighted by Crippen LogP contribution is -2.12. The summed E-state index contributed by atoms with van der Waals surface area (Å²) in [6, 6.07) is 1.49. The van der Waals surface area contributed by atoms with Crippen molar-refractivity contribution in [3.8, 4) is 6.19 Å². The van der Waals surface area contributed by atoms with Crippen LogP contribution in [0.2, 0.25) is 0 Å². The van der Waals surface area contributed by atoms with E-state index in [0.29, 0.717) is 0 Å². The highest BCUT2D eigenvalue weighted by Crippen LogP contribution is 2.20. The average molecular weight is 245 g/mol. The van der Waals surface area contributed by atoms with Crippen LogP contribution in [-0.2, 0) is 0 Å². The number of benzene rings is 1. The molecule has 84 valence electrons. The first-order valence-electron chi connectivity index (χ1n) is 4.00. The maximum atomic E-state index is 12.8. The molecule has 0 atom stereocenters. The van der Waals surface area contributed by atoms with E-state index >= 15 is 0 Å². The summed E-state index contributed by atoms with van der Waals surface area (Å²) >= 11 is 1.08. The van der Waals surface area contributed by atoms with Gasteiger partial charge in [0.15, 0.2) is 28.8 Å². The average Bonchev–Trinajstić information content (AvgIpc) is 2.25. The second kappa shape index (κ2) is 5.42. The molecular formula is C9H6F3N3S. The Labute approximate surface area is 94.0 Å². The van der Waals surface area contributed by atoms with Crippen LogP contribution in [0.1, 0.15) is 0 Å². The van der Waals surface area contributed by atoms with Crippen molar-refractivity contribution in [3.63, 3.8) is 0 Å². The number of thioether (sulfide) groups is 1. The number of nitrogens with zero attached hydrogens (tertiary/aromatic N) is 2. The zero-order valence-corrected chi connectivity index (χ0v) is 8.91. The molecule has 1 rings (SSSR count). The number of hydrogen-bond acceptors (Lipinski definition) is 3. The van der Waals surface area contributed by atoms with Crippen LogP contribution in [-0.4, -0.2) is 11.4 Å². The Bertz CT molecular complexity index is 445. The summed E-state index contributed by atoms with van der Waals surface area (Å²) in [6.07, 6.45) is 3.24. The van der Waals surface area contributed by atoms with E-state index in [1.165, 1.54) is 0 Å². The van der Waals surface area contributed by atoms with Crippen LogP contribution < -0.4 is 5.32 Å². The predicted octanol–water partition coefficient (Wildman–Crippen LogP) is 2.53. The molecular weight excluding hydrogens is 239 g/mol. The number of hydrogen-bond donors (Lipinski definition) is 1. The minimum Gasteiger partial charge on any atom is -0.271 e. The molecule has 1 aromatic carbocycles. The SMILES string of the molecule is CSC(=Nc1cc(F)c(F)c(F)c1)NC#N. The topological polar surface area (TPSA) is 48.2 Å². The van der Waals surface area contributed by atoms with Crippen molar-refractivity contribution < 1.29 is 13.2 Å². The van der Waals surface area contributed by atoms with Crippen LogP contribution >= 0.6 is 11.8 Å². The maximum Gasteiger partial charge on any atom is 0.194 e. The molecule has 0 amide bonds. The minimum absolute atomic E-state index is 0.108. The standard InChI is InChI=1S/C9H6F3N3S/c1-16-9(14-4-13)15-5-2-6(10)8(12)7(11)3-5/h2-3H,1H3,(H,14,15). The molecule has 0 unspecified atom stereocenters. The van der Waals surface area contributed by atoms with Gasteiger partial charge >= 0.3 is 0 Å². The van der Waals surface area contributed by atoms with E-state index in [9.17, 15) is 13.2 Å². The van der Waals surface area contributed by atoms with Gasteiger partial charge in [0.05, 0.1) is 5.69 Å². The molecule has 0 fully saturated rings. The number of nitrogens with one attached hydrogen (secondary N) is 1. The van der Waals surface area contributed by atoms with Gasteiger partial charge in [0.2, 0.25) is 0 Å². The molecule has 1 N–H and O–H groups in total. The summed E-state index contributed by atoms with van der Waals surface area (Å²) in [6.45, 7) is 0. The van der Waals surface area contributed by atoms with Crippen LogP contribution in [0.15, 0.2) is 17.1 Å². The first-order valence-corrected chi connectivity index (χ1v) is 5.23. The van der Waals surface area contributed by atoms with Gasteiger partial charge < -0.3 is 0 Å². The van der Waals surface area contributed by atoms with Crippen molar-refractivity contribution in [2.24, 2.45) is 4.99 Å². The highest BCUT2D eigenvalue weighted by atomic mass is 32.2. The molecule has 0 heterocycles. The lowest BCUT2D eigenvalue weighted by atomic mass is 10.3. The lowest BCUT2D eigenvalue weighted by molar-refractivity contribution is 0.447. The van der Waals surface area contributed by atoms with Crippen LogP contribution in [0, 0.1) is 28.9 Å². The van der Waals surface area contributed by atoms with Crippen molar-refractivity contribution in [2.45, 2.75) is 0 Å². The Morgan fingerprint density at radius 1 is 1.38 bits per heavy atom. The number of rotatable bonds is 1. The zero-order chi connectivity index (χ0) is 12.1. The fourth-order valence-corrected chi connectivity index (χ4v) is 1.24. The van der Waals surface area contributed by atoms with Crippen LogP contribution in [0.5, 0.6) is 0 Å². The number of halogens is 3. The third-order valence-electron chi connectivity index (χ3n) is 1.56. The van der Waals surface area contributed by atoms with Gasteiger partial charge in [-0.15, -0.1) is 0 Å². The van der Waals surface area contributed by atoms with Crippen molar-refractivity contribution in [2.75, 3.05) is 6.26 Å². The molecule has 7 heteroatoms. The van der Waals surface area contributed by atoms with Gasteiger partial charge in [-0.3, -0.25) is 5.32 Å². The Hall–Kier alpha value is -1.68. The third kappa shape index (κ3) is 2.90. The number of amidine groups is 1. The molecule has 0 aliphatic heterocycles. The second-order valence-electron chi connectivity index (χ2n) is 2.58. The number of nitriles is 1. The van der Waals surface area contributed by atoms with E-state index < -0.39 is 17.5 Å². The van der Waals surface area contributed by atoms with E-state index in [-0.39, 0.29) is 10.9 Å². The van der Waals surface area contributed by atoms with Crippen molar-refractivity contribution in [3.05, 3.63) is 29.6 Å². The third-order valence-corrected chi connectivity index (χ3v) is 2.14. The summed E-state index contributed by atoms with van der Waals surface area (Å²) in [5.74, 6) is -4.19. The summed E-state index contributed by atoms with van der Waals surface area (Å²) in [5.41, 5.74) is -0.108.